The van der Waals surface area contributed by atoms with Crippen molar-refractivity contribution in [3.8, 4) is 11.5 Å². The summed E-state index contributed by atoms with van der Waals surface area (Å²) < 4.78 is 11.8. The molecule has 0 bridgehead atoms. The van der Waals surface area contributed by atoms with Gasteiger partial charge in [-0.1, -0.05) is 47.7 Å². The molecule has 0 aliphatic carbocycles. The van der Waals surface area contributed by atoms with E-state index in [2.05, 4.69) is 11.9 Å². The van der Waals surface area contributed by atoms with E-state index in [1.54, 1.807) is 54.6 Å². The van der Waals surface area contributed by atoms with Crippen LogP contribution in [0.1, 0.15) is 12.5 Å². The molecule has 0 radical (unpaired) electrons. The molecule has 3 rings (SSSR count). The van der Waals surface area contributed by atoms with Crippen LogP contribution < -0.4 is 14.8 Å². The highest BCUT2D eigenvalue weighted by atomic mass is 35.5. The standard InChI is InChI=1S/C23H21ClN2O4S2/c1-3-11-26-22(28)20(32-23(26)31)13-15-5-10-18(19(12-15)29-4-2)30-14-21(27)25-17-8-6-16(24)7-9-17/h3,5-10,12-13H,1,4,11,14H2,2H3,(H,25,27)/b20-13-. The smallest absolute Gasteiger partial charge is 0.266 e. The van der Waals surface area contributed by atoms with Gasteiger partial charge in [0.1, 0.15) is 4.32 Å². The van der Waals surface area contributed by atoms with Gasteiger partial charge in [-0.2, -0.15) is 0 Å². The van der Waals surface area contributed by atoms with E-state index in [-0.39, 0.29) is 18.4 Å². The summed E-state index contributed by atoms with van der Waals surface area (Å²) in [6.45, 7) is 6.10. The largest absolute Gasteiger partial charge is 0.490 e. The van der Waals surface area contributed by atoms with Gasteiger partial charge in [0.15, 0.2) is 18.1 Å². The Kier molecular flexibility index (Phi) is 8.33. The van der Waals surface area contributed by atoms with Crippen LogP contribution in [0.25, 0.3) is 6.08 Å². The number of nitrogens with one attached hydrogen (secondary N) is 1. The van der Waals surface area contributed by atoms with E-state index in [1.165, 1.54) is 16.7 Å². The van der Waals surface area contributed by atoms with Gasteiger partial charge in [-0.25, -0.2) is 0 Å². The second kappa shape index (κ2) is 11.2. The highest BCUT2D eigenvalue weighted by Crippen LogP contribution is 2.34. The molecule has 0 aromatic heterocycles. The molecule has 166 valence electrons. The fourth-order valence-electron chi connectivity index (χ4n) is 2.81. The first kappa shape index (κ1) is 23.8. The van der Waals surface area contributed by atoms with Gasteiger partial charge in [-0.3, -0.25) is 14.5 Å². The topological polar surface area (TPSA) is 67.9 Å². The summed E-state index contributed by atoms with van der Waals surface area (Å²) in [5.74, 6) is 0.429. The lowest BCUT2D eigenvalue weighted by molar-refractivity contribution is -0.121. The summed E-state index contributed by atoms with van der Waals surface area (Å²) in [6.07, 6.45) is 3.39. The van der Waals surface area contributed by atoms with Crippen molar-refractivity contribution in [1.82, 2.24) is 4.90 Å². The number of hydrogen-bond acceptors (Lipinski definition) is 6. The number of rotatable bonds is 9. The first-order valence-corrected chi connectivity index (χ1v) is 11.3. The molecule has 0 spiro atoms. The van der Waals surface area contributed by atoms with Crippen LogP contribution in [0.2, 0.25) is 5.02 Å². The molecule has 1 heterocycles. The summed E-state index contributed by atoms with van der Waals surface area (Å²) in [7, 11) is 0. The zero-order valence-electron chi connectivity index (χ0n) is 17.3. The van der Waals surface area contributed by atoms with Crippen LogP contribution >= 0.6 is 35.6 Å². The molecule has 0 saturated carbocycles. The second-order valence-electron chi connectivity index (χ2n) is 6.56. The predicted octanol–water partition coefficient (Wildman–Crippen LogP) is 5.14. The number of carbonyl (C=O) groups is 2. The number of hydrogen-bond donors (Lipinski definition) is 1. The summed E-state index contributed by atoms with van der Waals surface area (Å²) in [5.41, 5.74) is 1.38. The summed E-state index contributed by atoms with van der Waals surface area (Å²) >= 11 is 12.4. The van der Waals surface area contributed by atoms with E-state index < -0.39 is 0 Å². The Hall–Kier alpha value is -2.81. The molecule has 0 unspecified atom stereocenters. The van der Waals surface area contributed by atoms with Crippen molar-refractivity contribution in [1.29, 1.82) is 0 Å². The zero-order chi connectivity index (χ0) is 23.1. The normalized spacial score (nSPS) is 14.6. The number of ether oxygens (including phenoxy) is 2. The number of halogens is 1. The number of thioether (sulfide) groups is 1. The van der Waals surface area contributed by atoms with Crippen LogP contribution in [0.15, 0.2) is 60.0 Å². The molecule has 2 aromatic rings. The van der Waals surface area contributed by atoms with Gasteiger partial charge >= 0.3 is 0 Å². The van der Waals surface area contributed by atoms with Crippen LogP contribution in [0, 0.1) is 0 Å². The van der Waals surface area contributed by atoms with Gasteiger partial charge in [-0.05, 0) is 55.0 Å². The SMILES string of the molecule is C=CCN1C(=O)/C(=C/c2ccc(OCC(=O)Nc3ccc(Cl)cc3)c(OCC)c2)SC1=S. The third kappa shape index (κ3) is 6.12. The van der Waals surface area contributed by atoms with Crippen LogP contribution in [0.5, 0.6) is 11.5 Å². The van der Waals surface area contributed by atoms with E-state index in [9.17, 15) is 9.59 Å². The van der Waals surface area contributed by atoms with Crippen LogP contribution in [-0.2, 0) is 9.59 Å². The van der Waals surface area contributed by atoms with Crippen LogP contribution in [0.4, 0.5) is 5.69 Å². The maximum atomic E-state index is 12.5. The van der Waals surface area contributed by atoms with Gasteiger partial charge < -0.3 is 14.8 Å². The van der Waals surface area contributed by atoms with Gasteiger partial charge in [0.2, 0.25) is 0 Å². The number of thiocarbonyl (C=S) groups is 1. The van der Waals surface area contributed by atoms with Crippen molar-refractivity contribution in [2.45, 2.75) is 6.92 Å². The number of anilines is 1. The van der Waals surface area contributed by atoms with Crippen molar-refractivity contribution >= 4 is 63.5 Å². The first-order chi connectivity index (χ1) is 15.4. The van der Waals surface area contributed by atoms with Crippen molar-refractivity contribution in [2.75, 3.05) is 25.1 Å². The Labute approximate surface area is 201 Å². The number of benzene rings is 2. The Morgan fingerprint density at radius 2 is 1.97 bits per heavy atom. The summed E-state index contributed by atoms with van der Waals surface area (Å²) in [4.78, 5) is 26.8. The van der Waals surface area contributed by atoms with E-state index in [4.69, 9.17) is 33.3 Å². The molecule has 1 fully saturated rings. The highest BCUT2D eigenvalue weighted by Gasteiger charge is 2.31. The lowest BCUT2D eigenvalue weighted by Crippen LogP contribution is -2.27. The molecule has 2 aromatic carbocycles. The van der Waals surface area contributed by atoms with E-state index in [1.807, 2.05) is 6.92 Å². The lowest BCUT2D eigenvalue weighted by atomic mass is 10.2. The highest BCUT2D eigenvalue weighted by molar-refractivity contribution is 8.26. The Bertz CT molecular complexity index is 1070. The monoisotopic (exact) mass is 488 g/mol. The third-order valence-electron chi connectivity index (χ3n) is 4.24. The van der Waals surface area contributed by atoms with E-state index >= 15 is 0 Å². The van der Waals surface area contributed by atoms with Crippen LogP contribution in [0.3, 0.4) is 0 Å². The van der Waals surface area contributed by atoms with Gasteiger partial charge in [-0.15, -0.1) is 6.58 Å². The first-order valence-electron chi connectivity index (χ1n) is 9.72. The quantitative estimate of drug-likeness (QED) is 0.299. The number of carbonyl (C=O) groups excluding carboxylic acids is 2. The molecule has 1 aliphatic rings. The zero-order valence-corrected chi connectivity index (χ0v) is 19.7. The molecule has 1 aliphatic heterocycles. The minimum absolute atomic E-state index is 0.156. The Morgan fingerprint density at radius 1 is 1.22 bits per heavy atom. The Morgan fingerprint density at radius 3 is 2.66 bits per heavy atom. The number of amides is 2. The molecular weight excluding hydrogens is 468 g/mol. The van der Waals surface area contributed by atoms with Crippen molar-refractivity contribution in [3.05, 3.63) is 70.6 Å². The summed E-state index contributed by atoms with van der Waals surface area (Å²) in [6, 6.07) is 12.0. The maximum absolute atomic E-state index is 12.5. The molecule has 6 nitrogen and oxygen atoms in total. The molecule has 2 amide bonds. The van der Waals surface area contributed by atoms with Crippen molar-refractivity contribution < 1.29 is 19.1 Å². The minimum atomic E-state index is -0.315. The predicted molar refractivity (Wildman–Crippen MR) is 133 cm³/mol. The van der Waals surface area contributed by atoms with E-state index in [0.29, 0.717) is 44.6 Å². The molecule has 9 heteroatoms. The van der Waals surface area contributed by atoms with Gasteiger partial charge in [0.25, 0.3) is 11.8 Å². The average Bonchev–Trinajstić information content (AvgIpc) is 3.03. The Balaban J connectivity index is 1.70. The molecule has 0 atom stereocenters. The fourth-order valence-corrected chi connectivity index (χ4v) is 4.21. The number of nitrogens with zero attached hydrogens (tertiary/aromatic N) is 1. The molecule has 1 N–H and O–H groups in total. The maximum Gasteiger partial charge on any atom is 0.266 e. The van der Waals surface area contributed by atoms with Crippen molar-refractivity contribution in [2.24, 2.45) is 0 Å². The van der Waals surface area contributed by atoms with Gasteiger partial charge in [0, 0.05) is 17.3 Å². The van der Waals surface area contributed by atoms with Crippen molar-refractivity contribution in [3.63, 3.8) is 0 Å². The molecule has 32 heavy (non-hydrogen) atoms. The van der Waals surface area contributed by atoms with Crippen LogP contribution in [-0.4, -0.2) is 40.8 Å². The third-order valence-corrected chi connectivity index (χ3v) is 5.87. The molecule has 1 saturated heterocycles. The minimum Gasteiger partial charge on any atom is -0.490 e. The summed E-state index contributed by atoms with van der Waals surface area (Å²) in [5, 5.41) is 3.32. The fraction of sp³-hybridized carbons (Fsp3) is 0.174. The average molecular weight is 489 g/mol. The second-order valence-corrected chi connectivity index (χ2v) is 8.68. The lowest BCUT2D eigenvalue weighted by Gasteiger charge is -2.13. The van der Waals surface area contributed by atoms with Gasteiger partial charge in [0.05, 0.1) is 11.5 Å². The van der Waals surface area contributed by atoms with E-state index in [0.717, 1.165) is 5.56 Å². The molecular formula is C23H21ClN2O4S2.